The fourth-order valence-corrected chi connectivity index (χ4v) is 6.42. The topological polar surface area (TPSA) is 78.9 Å². The van der Waals surface area contributed by atoms with E-state index in [4.69, 9.17) is 14.2 Å². The molecule has 6 nitrogen and oxygen atoms in total. The Kier molecular flexibility index (Phi) is 46.0. The molecule has 0 radical (unpaired) electrons. The van der Waals surface area contributed by atoms with E-state index >= 15 is 0 Å². The molecule has 0 bridgehead atoms. The van der Waals surface area contributed by atoms with E-state index in [1.54, 1.807) is 0 Å². The van der Waals surface area contributed by atoms with E-state index in [9.17, 15) is 14.4 Å². The van der Waals surface area contributed by atoms with Crippen LogP contribution in [-0.2, 0) is 28.6 Å². The zero-order chi connectivity index (χ0) is 44.4. The maximum absolute atomic E-state index is 12.7. The molecule has 0 saturated heterocycles. The summed E-state index contributed by atoms with van der Waals surface area (Å²) in [7, 11) is 0. The summed E-state index contributed by atoms with van der Waals surface area (Å²) in [5, 5.41) is 0. The van der Waals surface area contributed by atoms with Gasteiger partial charge in [-0.05, 0) is 89.9 Å². The molecule has 0 N–H and O–H groups in total. The lowest BCUT2D eigenvalue weighted by molar-refractivity contribution is -0.166. The lowest BCUT2D eigenvalue weighted by Gasteiger charge is -2.18. The lowest BCUT2D eigenvalue weighted by atomic mass is 10.1. The van der Waals surface area contributed by atoms with E-state index < -0.39 is 6.10 Å². The predicted molar refractivity (Wildman–Crippen MR) is 260 cm³/mol. The van der Waals surface area contributed by atoms with Crippen molar-refractivity contribution >= 4 is 17.9 Å². The summed E-state index contributed by atoms with van der Waals surface area (Å²) in [5.41, 5.74) is 0. The molecule has 0 aromatic heterocycles. The Morgan fingerprint density at radius 1 is 0.361 bits per heavy atom. The third-order valence-electron chi connectivity index (χ3n) is 10.2. The molecule has 0 fully saturated rings. The van der Waals surface area contributed by atoms with Gasteiger partial charge >= 0.3 is 17.9 Å². The fraction of sp³-hybridized carbons (Fsp3) is 0.655. The van der Waals surface area contributed by atoms with Gasteiger partial charge in [0.25, 0.3) is 0 Å². The molecule has 6 heteroatoms. The Balaban J connectivity index is 4.51. The third-order valence-corrected chi connectivity index (χ3v) is 10.2. The first kappa shape index (κ1) is 57.3. The highest BCUT2D eigenvalue weighted by Gasteiger charge is 2.19. The van der Waals surface area contributed by atoms with Gasteiger partial charge in [0.2, 0.25) is 0 Å². The zero-order valence-electron chi connectivity index (χ0n) is 39.4. The molecule has 0 heterocycles. The van der Waals surface area contributed by atoms with Crippen molar-refractivity contribution in [2.75, 3.05) is 13.2 Å². The highest BCUT2D eigenvalue weighted by Crippen LogP contribution is 2.13. The molecule has 0 aliphatic heterocycles. The van der Waals surface area contributed by atoms with Crippen molar-refractivity contribution in [2.45, 2.75) is 219 Å². The van der Waals surface area contributed by atoms with E-state index in [-0.39, 0.29) is 44.0 Å². The first-order valence-corrected chi connectivity index (χ1v) is 24.8. The van der Waals surface area contributed by atoms with Gasteiger partial charge < -0.3 is 14.2 Å². The highest BCUT2D eigenvalue weighted by atomic mass is 16.6. The third kappa shape index (κ3) is 47.2. The smallest absolute Gasteiger partial charge is 0.306 e. The van der Waals surface area contributed by atoms with Crippen molar-refractivity contribution in [3.05, 3.63) is 97.2 Å². The molecule has 0 aliphatic rings. The molecule has 0 saturated carbocycles. The minimum absolute atomic E-state index is 0.116. The predicted octanol–water partition coefficient (Wildman–Crippen LogP) is 16.2. The summed E-state index contributed by atoms with van der Waals surface area (Å²) in [6.07, 6.45) is 64.0. The number of carbonyl (C=O) groups is 3. The number of allylic oxidation sites excluding steroid dienone is 16. The minimum Gasteiger partial charge on any atom is -0.462 e. The van der Waals surface area contributed by atoms with Crippen LogP contribution < -0.4 is 0 Å². The number of esters is 3. The second-order valence-corrected chi connectivity index (χ2v) is 16.1. The Labute approximate surface area is 375 Å². The van der Waals surface area contributed by atoms with Crippen LogP contribution in [0.4, 0.5) is 0 Å². The molecule has 0 aliphatic carbocycles. The van der Waals surface area contributed by atoms with Crippen molar-refractivity contribution in [3.63, 3.8) is 0 Å². The van der Waals surface area contributed by atoms with Crippen LogP contribution >= 0.6 is 0 Å². The summed E-state index contributed by atoms with van der Waals surface area (Å²) in [6.45, 7) is 6.35. The Morgan fingerprint density at radius 3 is 1.28 bits per heavy atom. The monoisotopic (exact) mass is 847 g/mol. The van der Waals surface area contributed by atoms with E-state index in [1.165, 1.54) is 89.9 Å². The SMILES string of the molecule is CC/C=C/C=C/C=C/C=C/CCCCCC(=O)OC(COC(=O)CC/C=C/C/C=C/CCCCCCCC)COC(=O)CCCCCCCCC/C=C/C/C=C/CCCCC. The molecule has 0 aromatic rings. The van der Waals surface area contributed by atoms with E-state index in [2.05, 4.69) is 75.5 Å². The molecule has 1 atom stereocenters. The molecule has 0 rings (SSSR count). The van der Waals surface area contributed by atoms with Crippen molar-refractivity contribution in [1.29, 1.82) is 0 Å². The van der Waals surface area contributed by atoms with Crippen LogP contribution in [0.3, 0.4) is 0 Å². The van der Waals surface area contributed by atoms with Crippen molar-refractivity contribution in [2.24, 2.45) is 0 Å². The molecule has 1 unspecified atom stereocenters. The maximum atomic E-state index is 12.7. The quantitative estimate of drug-likeness (QED) is 0.0200. The van der Waals surface area contributed by atoms with Crippen LogP contribution in [0.2, 0.25) is 0 Å². The van der Waals surface area contributed by atoms with Crippen LogP contribution in [0, 0.1) is 0 Å². The van der Waals surface area contributed by atoms with Gasteiger partial charge in [0.15, 0.2) is 6.10 Å². The average Bonchev–Trinajstić information content (AvgIpc) is 3.26. The number of ether oxygens (including phenoxy) is 3. The zero-order valence-corrected chi connectivity index (χ0v) is 39.4. The van der Waals surface area contributed by atoms with E-state index in [0.29, 0.717) is 19.3 Å². The van der Waals surface area contributed by atoms with Gasteiger partial charge in [-0.15, -0.1) is 0 Å². The van der Waals surface area contributed by atoms with Gasteiger partial charge in [-0.2, -0.15) is 0 Å². The molecule has 346 valence electrons. The maximum Gasteiger partial charge on any atom is 0.306 e. The molecule has 0 aromatic carbocycles. The average molecular weight is 847 g/mol. The number of hydrogen-bond acceptors (Lipinski definition) is 6. The standard InChI is InChI=1S/C55H90O6/c1-4-7-10-13-16-19-22-25-26-27-28-31-33-36-39-42-45-48-54(57)60-51-52(61-55(58)49-46-43-40-37-34-30-24-21-18-15-12-9-6-3)50-59-53(56)47-44-41-38-35-32-29-23-20-17-14-11-8-5-2/h9,12,15-16,18-19,21,24-26,29-30,32,34,38,41,52H,4-8,10-11,13-14,17,20,22-23,27-28,31,33,35-37,39-40,42-51H2,1-3H3/b12-9+,18-15+,19-16+,24-21+,26-25+,32-29+,34-30+,41-38+. The first-order valence-electron chi connectivity index (χ1n) is 24.8. The van der Waals surface area contributed by atoms with Crippen molar-refractivity contribution in [1.82, 2.24) is 0 Å². The van der Waals surface area contributed by atoms with Crippen molar-refractivity contribution < 1.29 is 28.6 Å². The Morgan fingerprint density at radius 2 is 0.738 bits per heavy atom. The number of carbonyl (C=O) groups excluding carboxylic acids is 3. The van der Waals surface area contributed by atoms with Crippen LogP contribution in [0.15, 0.2) is 97.2 Å². The molecule has 0 spiro atoms. The van der Waals surface area contributed by atoms with Crippen LogP contribution in [0.1, 0.15) is 213 Å². The van der Waals surface area contributed by atoms with E-state index in [0.717, 1.165) is 70.6 Å². The normalized spacial score (nSPS) is 12.9. The lowest BCUT2D eigenvalue weighted by Crippen LogP contribution is -2.30. The summed E-state index contributed by atoms with van der Waals surface area (Å²) < 4.78 is 16.7. The number of hydrogen-bond donors (Lipinski definition) is 0. The Bertz CT molecular complexity index is 1250. The molecular weight excluding hydrogens is 757 g/mol. The summed E-state index contributed by atoms with van der Waals surface area (Å²) in [6, 6.07) is 0. The van der Waals surface area contributed by atoms with Crippen LogP contribution in [0.25, 0.3) is 0 Å². The van der Waals surface area contributed by atoms with Gasteiger partial charge in [-0.25, -0.2) is 0 Å². The summed E-state index contributed by atoms with van der Waals surface area (Å²) >= 11 is 0. The van der Waals surface area contributed by atoms with Crippen LogP contribution in [0.5, 0.6) is 0 Å². The second kappa shape index (κ2) is 49.0. The summed E-state index contributed by atoms with van der Waals surface area (Å²) in [5.74, 6) is -1.04. The second-order valence-electron chi connectivity index (χ2n) is 16.1. The molecular formula is C55H90O6. The first-order chi connectivity index (χ1) is 30.0. The van der Waals surface area contributed by atoms with Gasteiger partial charge in [0.05, 0.1) is 0 Å². The summed E-state index contributed by atoms with van der Waals surface area (Å²) in [4.78, 5) is 37.8. The fourth-order valence-electron chi connectivity index (χ4n) is 6.42. The molecule has 0 amide bonds. The van der Waals surface area contributed by atoms with Gasteiger partial charge in [0, 0.05) is 19.3 Å². The van der Waals surface area contributed by atoms with Crippen molar-refractivity contribution in [3.8, 4) is 0 Å². The van der Waals surface area contributed by atoms with E-state index in [1.807, 2.05) is 42.5 Å². The molecule has 61 heavy (non-hydrogen) atoms. The minimum atomic E-state index is -0.823. The number of unbranched alkanes of at least 4 members (excludes halogenated alkanes) is 19. The van der Waals surface area contributed by atoms with Gasteiger partial charge in [0.1, 0.15) is 13.2 Å². The highest BCUT2D eigenvalue weighted by molar-refractivity contribution is 5.71. The largest absolute Gasteiger partial charge is 0.462 e. The van der Waals surface area contributed by atoms with Crippen LogP contribution in [-0.4, -0.2) is 37.2 Å². The van der Waals surface area contributed by atoms with Gasteiger partial charge in [-0.3, -0.25) is 14.4 Å². The number of rotatable bonds is 43. The Hall–Kier alpha value is -3.67. The van der Waals surface area contributed by atoms with Gasteiger partial charge in [-0.1, -0.05) is 201 Å².